The van der Waals surface area contributed by atoms with E-state index in [1.807, 2.05) is 22.3 Å². The van der Waals surface area contributed by atoms with Gasteiger partial charge in [-0.25, -0.2) is 15.0 Å². The molecule has 6 nitrogen and oxygen atoms in total. The van der Waals surface area contributed by atoms with Crippen LogP contribution in [0.1, 0.15) is 12.6 Å². The van der Waals surface area contributed by atoms with E-state index in [0.29, 0.717) is 11.9 Å². The molecular formula is C14H16N6S. The molecule has 3 aromatic heterocycles. The molecule has 21 heavy (non-hydrogen) atoms. The Hall–Kier alpha value is -2.12. The molecule has 0 amide bonds. The van der Waals surface area contributed by atoms with Crippen LogP contribution in [0.5, 0.6) is 0 Å². The van der Waals surface area contributed by atoms with Gasteiger partial charge < -0.3 is 5.32 Å². The molecule has 1 atom stereocenters. The van der Waals surface area contributed by atoms with E-state index in [0.717, 1.165) is 23.8 Å². The summed E-state index contributed by atoms with van der Waals surface area (Å²) in [5.74, 6) is 0.679. The number of rotatable bonds is 6. The minimum Gasteiger partial charge on any atom is -0.307 e. The number of nitrogens with zero attached hydrogens (tertiary/aromatic N) is 5. The maximum atomic E-state index is 4.56. The lowest BCUT2D eigenvalue weighted by Gasteiger charge is -2.12. The van der Waals surface area contributed by atoms with Crippen molar-refractivity contribution < 1.29 is 0 Å². The lowest BCUT2D eigenvalue weighted by atomic mass is 10.3. The Morgan fingerprint density at radius 2 is 2.10 bits per heavy atom. The molecule has 7 heteroatoms. The van der Waals surface area contributed by atoms with Crippen LogP contribution in [-0.4, -0.2) is 30.8 Å². The van der Waals surface area contributed by atoms with Gasteiger partial charge in [0.1, 0.15) is 0 Å². The van der Waals surface area contributed by atoms with Crippen molar-refractivity contribution in [3.8, 4) is 10.8 Å². The van der Waals surface area contributed by atoms with Crippen LogP contribution in [-0.2, 0) is 13.1 Å². The highest BCUT2D eigenvalue weighted by atomic mass is 32.1. The zero-order chi connectivity index (χ0) is 14.5. The molecule has 0 aliphatic heterocycles. The number of nitrogens with one attached hydrogen (secondary N) is 1. The highest BCUT2D eigenvalue weighted by Gasteiger charge is 2.08. The summed E-state index contributed by atoms with van der Waals surface area (Å²) >= 11 is 1.57. The first-order valence-corrected chi connectivity index (χ1v) is 7.62. The maximum absolute atomic E-state index is 4.56. The first-order chi connectivity index (χ1) is 10.3. The van der Waals surface area contributed by atoms with Gasteiger partial charge in [0.25, 0.3) is 0 Å². The Morgan fingerprint density at radius 3 is 2.86 bits per heavy atom. The third-order valence-electron chi connectivity index (χ3n) is 2.96. The second-order valence-corrected chi connectivity index (χ2v) is 5.58. The van der Waals surface area contributed by atoms with Gasteiger partial charge in [-0.15, -0.1) is 11.3 Å². The summed E-state index contributed by atoms with van der Waals surface area (Å²) in [5, 5.41) is 10.5. The van der Waals surface area contributed by atoms with Crippen molar-refractivity contribution >= 4 is 11.3 Å². The molecule has 0 saturated carbocycles. The normalized spacial score (nSPS) is 12.4. The Kier molecular flexibility index (Phi) is 4.32. The molecule has 0 aliphatic carbocycles. The topological polar surface area (TPSA) is 68.5 Å². The van der Waals surface area contributed by atoms with Crippen LogP contribution in [0.25, 0.3) is 10.8 Å². The van der Waals surface area contributed by atoms with Gasteiger partial charge >= 0.3 is 0 Å². The first-order valence-electron chi connectivity index (χ1n) is 6.74. The van der Waals surface area contributed by atoms with E-state index in [2.05, 4.69) is 32.3 Å². The summed E-state index contributed by atoms with van der Waals surface area (Å²) in [6.45, 7) is 3.70. The molecule has 0 aromatic carbocycles. The standard InChI is InChI=1S/C14H16N6S/c1-11(9-20-7-3-6-18-20)17-8-12-10-21-14(19-12)13-15-4-2-5-16-13/h2-7,10-11,17H,8-9H2,1H3/t11-/m0/s1. The van der Waals surface area contributed by atoms with E-state index in [9.17, 15) is 0 Å². The molecule has 0 fully saturated rings. The third-order valence-corrected chi connectivity index (χ3v) is 3.85. The molecule has 0 unspecified atom stereocenters. The average Bonchev–Trinajstić information content (AvgIpc) is 3.17. The quantitative estimate of drug-likeness (QED) is 0.754. The van der Waals surface area contributed by atoms with E-state index in [4.69, 9.17) is 0 Å². The SMILES string of the molecule is C[C@@H](Cn1cccn1)NCc1csc(-c2ncccn2)n1. The molecule has 0 saturated heterocycles. The second-order valence-electron chi connectivity index (χ2n) is 4.73. The van der Waals surface area contributed by atoms with Crippen molar-refractivity contribution in [1.82, 2.24) is 30.0 Å². The Morgan fingerprint density at radius 1 is 1.24 bits per heavy atom. The molecule has 3 rings (SSSR count). The Labute approximate surface area is 126 Å². The molecule has 0 spiro atoms. The molecule has 108 valence electrons. The summed E-state index contributed by atoms with van der Waals surface area (Å²) < 4.78 is 1.92. The van der Waals surface area contributed by atoms with Crippen LogP contribution in [0.2, 0.25) is 0 Å². The first kappa shape index (κ1) is 13.8. The van der Waals surface area contributed by atoms with Crippen LogP contribution in [0.3, 0.4) is 0 Å². The van der Waals surface area contributed by atoms with Gasteiger partial charge in [0.05, 0.1) is 12.2 Å². The average molecular weight is 300 g/mol. The molecule has 0 aliphatic rings. The van der Waals surface area contributed by atoms with Gasteiger partial charge in [0.15, 0.2) is 10.8 Å². The molecule has 0 bridgehead atoms. The molecular weight excluding hydrogens is 284 g/mol. The number of thiazole rings is 1. The second kappa shape index (κ2) is 6.55. The predicted molar refractivity (Wildman–Crippen MR) is 81.7 cm³/mol. The lowest BCUT2D eigenvalue weighted by molar-refractivity contribution is 0.449. The van der Waals surface area contributed by atoms with E-state index in [1.165, 1.54) is 0 Å². The van der Waals surface area contributed by atoms with Crippen LogP contribution >= 0.6 is 11.3 Å². The molecule has 0 radical (unpaired) electrons. The lowest BCUT2D eigenvalue weighted by Crippen LogP contribution is -2.30. The largest absolute Gasteiger partial charge is 0.307 e. The third kappa shape index (κ3) is 3.71. The number of hydrogen-bond donors (Lipinski definition) is 1. The van der Waals surface area contributed by atoms with Crippen molar-refractivity contribution in [1.29, 1.82) is 0 Å². The molecule has 3 heterocycles. The van der Waals surface area contributed by atoms with Gasteiger partial charge in [-0.3, -0.25) is 4.68 Å². The smallest absolute Gasteiger partial charge is 0.188 e. The monoisotopic (exact) mass is 300 g/mol. The van der Waals surface area contributed by atoms with E-state index >= 15 is 0 Å². The van der Waals surface area contributed by atoms with Crippen molar-refractivity contribution in [3.63, 3.8) is 0 Å². The van der Waals surface area contributed by atoms with E-state index in [1.54, 1.807) is 36.0 Å². The van der Waals surface area contributed by atoms with E-state index in [-0.39, 0.29) is 0 Å². The zero-order valence-corrected chi connectivity index (χ0v) is 12.5. The van der Waals surface area contributed by atoms with Gasteiger partial charge in [-0.05, 0) is 19.1 Å². The Bertz CT molecular complexity index is 664. The molecule has 1 N–H and O–H groups in total. The summed E-state index contributed by atoms with van der Waals surface area (Å²) in [6.07, 6.45) is 7.22. The van der Waals surface area contributed by atoms with Gasteiger partial charge in [-0.1, -0.05) is 0 Å². The number of aromatic nitrogens is 5. The number of hydrogen-bond acceptors (Lipinski definition) is 6. The van der Waals surface area contributed by atoms with Crippen molar-refractivity contribution in [3.05, 3.63) is 48.0 Å². The van der Waals surface area contributed by atoms with Crippen LogP contribution in [0.15, 0.2) is 42.3 Å². The Balaban J connectivity index is 1.55. The van der Waals surface area contributed by atoms with Crippen LogP contribution < -0.4 is 5.32 Å². The van der Waals surface area contributed by atoms with E-state index < -0.39 is 0 Å². The summed E-state index contributed by atoms with van der Waals surface area (Å²) in [6, 6.07) is 4.05. The molecule has 3 aromatic rings. The van der Waals surface area contributed by atoms with Gasteiger partial charge in [0.2, 0.25) is 0 Å². The van der Waals surface area contributed by atoms with Gasteiger partial charge in [-0.2, -0.15) is 5.10 Å². The highest BCUT2D eigenvalue weighted by molar-refractivity contribution is 7.13. The van der Waals surface area contributed by atoms with Crippen molar-refractivity contribution in [2.45, 2.75) is 26.1 Å². The fourth-order valence-electron chi connectivity index (χ4n) is 1.93. The van der Waals surface area contributed by atoms with Crippen molar-refractivity contribution in [2.24, 2.45) is 0 Å². The van der Waals surface area contributed by atoms with Crippen molar-refractivity contribution in [2.75, 3.05) is 0 Å². The van der Waals surface area contributed by atoms with Gasteiger partial charge in [0, 0.05) is 42.8 Å². The zero-order valence-electron chi connectivity index (χ0n) is 11.7. The van der Waals surface area contributed by atoms with Crippen LogP contribution in [0.4, 0.5) is 0 Å². The predicted octanol–water partition coefficient (Wildman–Crippen LogP) is 1.97. The fraction of sp³-hybridized carbons (Fsp3) is 0.286. The maximum Gasteiger partial charge on any atom is 0.188 e. The minimum atomic E-state index is 0.322. The van der Waals surface area contributed by atoms with Crippen LogP contribution in [0, 0.1) is 0 Å². The summed E-state index contributed by atoms with van der Waals surface area (Å²) in [7, 11) is 0. The minimum absolute atomic E-state index is 0.322. The summed E-state index contributed by atoms with van der Waals surface area (Å²) in [4.78, 5) is 13.0. The highest BCUT2D eigenvalue weighted by Crippen LogP contribution is 2.19. The summed E-state index contributed by atoms with van der Waals surface area (Å²) in [5.41, 5.74) is 1.01. The fourth-order valence-corrected chi connectivity index (χ4v) is 2.70.